The van der Waals surface area contributed by atoms with E-state index in [2.05, 4.69) is 96.5 Å². The summed E-state index contributed by atoms with van der Waals surface area (Å²) >= 11 is 0. The Morgan fingerprint density at radius 2 is 1.44 bits per heavy atom. The van der Waals surface area contributed by atoms with Crippen LogP contribution in [0, 0.1) is 13.8 Å². The molecule has 1 aliphatic rings. The van der Waals surface area contributed by atoms with Gasteiger partial charge >= 0.3 is 0 Å². The molecule has 0 atom stereocenters. The van der Waals surface area contributed by atoms with E-state index in [1.165, 1.54) is 22.5 Å². The van der Waals surface area contributed by atoms with Crippen LogP contribution in [-0.4, -0.2) is 15.4 Å². The lowest BCUT2D eigenvalue weighted by molar-refractivity contribution is -0.370. The topological polar surface area (TPSA) is 29.0 Å². The minimum Gasteiger partial charge on any atom is -0.355 e. The molecule has 0 aliphatic carbocycles. The number of fused-ring (bicyclic) bond motifs is 1. The second-order valence-electron chi connectivity index (χ2n) is 7.02. The first-order valence-electron chi connectivity index (χ1n) is 9.07. The molecular weight excluding hydrogens is 332 g/mol. The van der Waals surface area contributed by atoms with Crippen molar-refractivity contribution < 1.29 is 9.10 Å². The zero-order valence-corrected chi connectivity index (χ0v) is 15.3. The molecule has 0 saturated carbocycles. The minimum atomic E-state index is 0.817. The van der Waals surface area contributed by atoms with E-state index >= 15 is 0 Å². The van der Waals surface area contributed by atoms with Gasteiger partial charge in [0.15, 0.2) is 12.0 Å². The molecule has 1 aromatic heterocycles. The third-order valence-electron chi connectivity index (χ3n) is 5.04. The Hall–Kier alpha value is -3.46. The third-order valence-corrected chi connectivity index (χ3v) is 5.04. The van der Waals surface area contributed by atoms with Crippen molar-refractivity contribution >= 4 is 22.3 Å². The summed E-state index contributed by atoms with van der Waals surface area (Å²) in [6.45, 7) is 4.19. The molecule has 0 bridgehead atoms. The molecule has 0 radical (unpaired) electrons. The van der Waals surface area contributed by atoms with E-state index in [9.17, 15) is 0 Å². The lowest BCUT2D eigenvalue weighted by Gasteiger charge is -2.09. The van der Waals surface area contributed by atoms with E-state index in [0.717, 1.165) is 27.8 Å². The van der Waals surface area contributed by atoms with Crippen molar-refractivity contribution in [2.75, 3.05) is 0 Å². The number of hydrogen-bond donors (Lipinski definition) is 0. The molecule has 0 unspecified atom stereocenters. The highest BCUT2D eigenvalue weighted by Gasteiger charge is 2.24. The predicted molar refractivity (Wildman–Crippen MR) is 109 cm³/mol. The van der Waals surface area contributed by atoms with Gasteiger partial charge in [-0.25, -0.2) is 0 Å². The molecule has 3 aromatic carbocycles. The van der Waals surface area contributed by atoms with E-state index < -0.39 is 0 Å². The van der Waals surface area contributed by atoms with E-state index in [1.54, 1.807) is 0 Å². The van der Waals surface area contributed by atoms with Crippen LogP contribution in [0.3, 0.4) is 0 Å². The lowest BCUT2D eigenvalue weighted by atomic mass is 10.0. The van der Waals surface area contributed by atoms with Gasteiger partial charge in [-0.15, -0.1) is 0 Å². The van der Waals surface area contributed by atoms with Crippen molar-refractivity contribution in [1.82, 2.24) is 5.16 Å². The zero-order valence-electron chi connectivity index (χ0n) is 15.3. The first-order valence-corrected chi connectivity index (χ1v) is 9.07. The van der Waals surface area contributed by atoms with Gasteiger partial charge in [-0.2, -0.15) is 4.58 Å². The molecule has 5 rings (SSSR count). The Labute approximate surface area is 157 Å². The fraction of sp³-hybridized carbons (Fsp3) is 0.0833. The molecule has 3 heteroatoms. The maximum atomic E-state index is 5.66. The highest BCUT2D eigenvalue weighted by Crippen LogP contribution is 2.31. The first kappa shape index (κ1) is 15.8. The maximum absolute atomic E-state index is 5.66. The molecule has 3 nitrogen and oxygen atoms in total. The van der Waals surface area contributed by atoms with Crippen LogP contribution in [0.2, 0.25) is 0 Å². The summed E-state index contributed by atoms with van der Waals surface area (Å²) < 4.78 is 7.87. The standard InChI is InChI=1S/C24H19N2O/c1-16-3-7-18(8-4-16)24-21-15-19(9-12-22(21)25-27-24)23-13-14-26(23)20-10-5-17(2)6-11-20/h3-15H,1-2H3/q+1. The van der Waals surface area contributed by atoms with E-state index in [4.69, 9.17) is 4.52 Å². The van der Waals surface area contributed by atoms with Crippen LogP contribution < -0.4 is 0 Å². The molecule has 0 spiro atoms. The fourth-order valence-corrected chi connectivity index (χ4v) is 3.40. The monoisotopic (exact) mass is 351 g/mol. The van der Waals surface area contributed by atoms with Gasteiger partial charge in [0.25, 0.3) is 0 Å². The van der Waals surface area contributed by atoms with Crippen LogP contribution in [0.15, 0.2) is 83.5 Å². The molecule has 27 heavy (non-hydrogen) atoms. The normalized spacial score (nSPS) is 13.3. The number of benzene rings is 3. The summed E-state index contributed by atoms with van der Waals surface area (Å²) in [6, 6.07) is 23.2. The molecule has 0 saturated heterocycles. The Morgan fingerprint density at radius 1 is 0.778 bits per heavy atom. The van der Waals surface area contributed by atoms with Crippen LogP contribution in [-0.2, 0) is 0 Å². The van der Waals surface area contributed by atoms with Gasteiger partial charge < -0.3 is 4.52 Å². The Balaban J connectivity index is 1.60. The van der Waals surface area contributed by atoms with Crippen LogP contribution in [0.25, 0.3) is 22.2 Å². The van der Waals surface area contributed by atoms with Crippen molar-refractivity contribution in [3.05, 3.63) is 95.7 Å². The van der Waals surface area contributed by atoms with Crippen molar-refractivity contribution in [2.24, 2.45) is 0 Å². The van der Waals surface area contributed by atoms with Gasteiger partial charge in [0.1, 0.15) is 5.52 Å². The van der Waals surface area contributed by atoms with Crippen molar-refractivity contribution in [1.29, 1.82) is 0 Å². The zero-order chi connectivity index (χ0) is 18.4. The molecule has 0 amide bonds. The summed E-state index contributed by atoms with van der Waals surface area (Å²) in [6.07, 6.45) is 4.23. The Morgan fingerprint density at radius 3 is 2.11 bits per heavy atom. The molecular formula is C24H19N2O+. The average molecular weight is 351 g/mol. The van der Waals surface area contributed by atoms with Crippen molar-refractivity contribution in [3.63, 3.8) is 0 Å². The largest absolute Gasteiger partial charge is 0.355 e. The Kier molecular flexibility index (Phi) is 3.54. The summed E-state index contributed by atoms with van der Waals surface area (Å²) in [4.78, 5) is 0. The summed E-state index contributed by atoms with van der Waals surface area (Å²) in [5.74, 6) is 0.817. The van der Waals surface area contributed by atoms with Gasteiger partial charge in [0.2, 0.25) is 11.4 Å². The lowest BCUT2D eigenvalue weighted by Crippen LogP contribution is -2.19. The molecule has 4 aromatic rings. The van der Waals surface area contributed by atoms with E-state index in [0.29, 0.717) is 0 Å². The number of allylic oxidation sites excluding steroid dienone is 1. The second kappa shape index (κ2) is 6.06. The molecule has 1 aliphatic heterocycles. The number of nitrogens with zero attached hydrogens (tertiary/aromatic N) is 2. The van der Waals surface area contributed by atoms with Crippen molar-refractivity contribution in [3.8, 4) is 11.3 Å². The van der Waals surface area contributed by atoms with Crippen LogP contribution in [0.4, 0.5) is 5.69 Å². The van der Waals surface area contributed by atoms with Crippen LogP contribution >= 0.6 is 0 Å². The van der Waals surface area contributed by atoms with Crippen molar-refractivity contribution in [2.45, 2.75) is 13.8 Å². The average Bonchev–Trinajstić information content (AvgIpc) is 3.07. The second-order valence-corrected chi connectivity index (χ2v) is 7.02. The molecule has 2 heterocycles. The highest BCUT2D eigenvalue weighted by atomic mass is 16.5. The third kappa shape index (κ3) is 2.68. The van der Waals surface area contributed by atoms with Gasteiger partial charge in [-0.05, 0) is 32.0 Å². The van der Waals surface area contributed by atoms with Gasteiger partial charge in [0.05, 0.1) is 11.5 Å². The van der Waals surface area contributed by atoms with Gasteiger partial charge in [-0.3, -0.25) is 0 Å². The minimum absolute atomic E-state index is 0.817. The van der Waals surface area contributed by atoms with E-state index in [1.807, 2.05) is 6.07 Å². The summed E-state index contributed by atoms with van der Waals surface area (Å²) in [5, 5.41) is 5.27. The first-order chi connectivity index (χ1) is 13.2. The Bertz CT molecular complexity index is 1210. The number of rotatable bonds is 3. The highest BCUT2D eigenvalue weighted by molar-refractivity contribution is 6.10. The summed E-state index contributed by atoms with van der Waals surface area (Å²) in [5.41, 5.74) is 7.91. The number of aryl methyl sites for hydroxylation is 2. The van der Waals surface area contributed by atoms with Crippen LogP contribution in [0.5, 0.6) is 0 Å². The smallest absolute Gasteiger partial charge is 0.224 e. The quantitative estimate of drug-likeness (QED) is 0.438. The molecule has 0 N–H and O–H groups in total. The number of aromatic nitrogens is 1. The van der Waals surface area contributed by atoms with E-state index in [-0.39, 0.29) is 0 Å². The van der Waals surface area contributed by atoms with Crippen LogP contribution in [0.1, 0.15) is 16.7 Å². The fourth-order valence-electron chi connectivity index (χ4n) is 3.40. The molecule has 0 fully saturated rings. The number of hydrogen-bond acceptors (Lipinski definition) is 2. The maximum Gasteiger partial charge on any atom is 0.224 e. The van der Waals surface area contributed by atoms with Gasteiger partial charge in [0, 0.05) is 23.3 Å². The summed E-state index contributed by atoms with van der Waals surface area (Å²) in [7, 11) is 0. The molecule has 130 valence electrons. The SMILES string of the molecule is Cc1ccc(-c2onc3ccc(C4=[N+](c5ccc(C)cc5)C=C4)cc23)cc1. The predicted octanol–water partition coefficient (Wildman–Crippen LogP) is 5.77. The van der Waals surface area contributed by atoms with Gasteiger partial charge in [-0.1, -0.05) is 52.7 Å².